The molecule has 0 unspecified atom stereocenters. The van der Waals surface area contributed by atoms with Crippen molar-refractivity contribution in [3.8, 4) is 22.4 Å². The Bertz CT molecular complexity index is 1400. The number of halogens is 2. The molecule has 1 aliphatic carbocycles. The lowest BCUT2D eigenvalue weighted by Crippen LogP contribution is -2.12. The highest BCUT2D eigenvalue weighted by atomic mass is 19.3. The van der Waals surface area contributed by atoms with Crippen molar-refractivity contribution in [2.45, 2.75) is 5.92 Å². The summed E-state index contributed by atoms with van der Waals surface area (Å²) in [6.45, 7) is 0. The van der Waals surface area contributed by atoms with Crippen LogP contribution in [0.4, 0.5) is 8.78 Å². The molecule has 1 aliphatic rings. The lowest BCUT2D eigenvalue weighted by Gasteiger charge is -2.16. The van der Waals surface area contributed by atoms with E-state index in [-0.39, 0.29) is 11.1 Å². The maximum atomic E-state index is 15.3. The highest BCUT2D eigenvalue weighted by Gasteiger charge is 2.46. The van der Waals surface area contributed by atoms with Gasteiger partial charge in [-0.15, -0.1) is 0 Å². The maximum absolute atomic E-state index is 15.3. The standard InChI is InChI=1S/C24H14F2N2/c25-24(26)19-10-3-1-6-14(19)16-8-5-9-18(22(16)24)21-13-12-17-15-7-2-4-11-20(15)27-23(17)28-21/h1-13H,(H,27,28). The van der Waals surface area contributed by atoms with Crippen LogP contribution in [0.5, 0.6) is 0 Å². The van der Waals surface area contributed by atoms with E-state index in [2.05, 4.69) is 4.98 Å². The Balaban J connectivity index is 1.62. The summed E-state index contributed by atoms with van der Waals surface area (Å²) in [5, 5.41) is 2.06. The highest BCUT2D eigenvalue weighted by Crippen LogP contribution is 2.53. The van der Waals surface area contributed by atoms with Crippen LogP contribution in [0.2, 0.25) is 0 Å². The van der Waals surface area contributed by atoms with Crippen LogP contribution in [0, 0.1) is 0 Å². The van der Waals surface area contributed by atoms with E-state index in [4.69, 9.17) is 4.98 Å². The fourth-order valence-electron chi connectivity index (χ4n) is 4.33. The molecule has 0 amide bonds. The molecule has 0 aliphatic heterocycles. The second kappa shape index (κ2) is 5.26. The Kier molecular flexibility index (Phi) is 2.91. The van der Waals surface area contributed by atoms with Crippen molar-refractivity contribution >= 4 is 21.9 Å². The SMILES string of the molecule is FC1(F)c2ccccc2-c2cccc(-c3ccc4c(n3)[nH]c3ccccc34)c21. The van der Waals surface area contributed by atoms with Crippen molar-refractivity contribution in [1.29, 1.82) is 0 Å². The number of para-hydroxylation sites is 1. The zero-order chi connectivity index (χ0) is 18.9. The number of H-pyrrole nitrogens is 1. The van der Waals surface area contributed by atoms with E-state index in [9.17, 15) is 0 Å². The number of fused-ring (bicyclic) bond motifs is 6. The largest absolute Gasteiger partial charge is 0.339 e. The van der Waals surface area contributed by atoms with Gasteiger partial charge in [-0.25, -0.2) is 4.98 Å². The van der Waals surface area contributed by atoms with Gasteiger partial charge in [-0.05, 0) is 29.3 Å². The minimum atomic E-state index is -3.04. The minimum Gasteiger partial charge on any atom is -0.339 e. The topological polar surface area (TPSA) is 28.7 Å². The van der Waals surface area contributed by atoms with Crippen LogP contribution < -0.4 is 0 Å². The van der Waals surface area contributed by atoms with Gasteiger partial charge in [0.05, 0.1) is 5.69 Å². The molecule has 134 valence electrons. The van der Waals surface area contributed by atoms with Gasteiger partial charge in [-0.2, -0.15) is 8.78 Å². The van der Waals surface area contributed by atoms with Gasteiger partial charge < -0.3 is 4.98 Å². The van der Waals surface area contributed by atoms with Crippen molar-refractivity contribution < 1.29 is 8.78 Å². The lowest BCUT2D eigenvalue weighted by atomic mass is 9.97. The Labute approximate surface area is 159 Å². The van der Waals surface area contributed by atoms with Crippen LogP contribution in [-0.4, -0.2) is 9.97 Å². The molecule has 5 aromatic rings. The number of hydrogen-bond acceptors (Lipinski definition) is 1. The summed E-state index contributed by atoms with van der Waals surface area (Å²) in [4.78, 5) is 7.99. The molecular weight excluding hydrogens is 354 g/mol. The average molecular weight is 368 g/mol. The van der Waals surface area contributed by atoms with Crippen LogP contribution >= 0.6 is 0 Å². The summed E-state index contributed by atoms with van der Waals surface area (Å²) in [5.74, 6) is -3.04. The number of aromatic amines is 1. The minimum absolute atomic E-state index is 0.0409. The van der Waals surface area contributed by atoms with Crippen LogP contribution in [0.15, 0.2) is 78.9 Å². The molecule has 0 saturated heterocycles. The summed E-state index contributed by atoms with van der Waals surface area (Å²) >= 11 is 0. The monoisotopic (exact) mass is 368 g/mol. The van der Waals surface area contributed by atoms with E-state index in [1.807, 2.05) is 42.5 Å². The molecule has 0 saturated carbocycles. The summed E-state index contributed by atoms with van der Waals surface area (Å²) < 4.78 is 30.6. The molecular formula is C24H14F2N2. The molecule has 2 aromatic heterocycles. The number of aromatic nitrogens is 2. The Morgan fingerprint density at radius 3 is 2.36 bits per heavy atom. The number of nitrogens with one attached hydrogen (secondary N) is 1. The second-order valence-electron chi connectivity index (χ2n) is 7.11. The first-order chi connectivity index (χ1) is 13.6. The van der Waals surface area contributed by atoms with Crippen LogP contribution in [0.1, 0.15) is 11.1 Å². The summed E-state index contributed by atoms with van der Waals surface area (Å²) in [7, 11) is 0. The Hall–Kier alpha value is -3.53. The molecule has 2 nitrogen and oxygen atoms in total. The molecule has 0 fully saturated rings. The predicted octanol–water partition coefficient (Wildman–Crippen LogP) is 6.50. The van der Waals surface area contributed by atoms with Crippen LogP contribution in [0.3, 0.4) is 0 Å². The van der Waals surface area contributed by atoms with Gasteiger partial charge in [0.2, 0.25) is 0 Å². The number of hydrogen-bond donors (Lipinski definition) is 1. The van der Waals surface area contributed by atoms with Crippen LogP contribution in [0.25, 0.3) is 44.3 Å². The molecule has 2 heterocycles. The molecule has 0 atom stereocenters. The van der Waals surface area contributed by atoms with Crippen molar-refractivity contribution in [1.82, 2.24) is 9.97 Å². The lowest BCUT2D eigenvalue weighted by molar-refractivity contribution is 0.0486. The van der Waals surface area contributed by atoms with Gasteiger partial charge in [0.25, 0.3) is 5.92 Å². The molecule has 0 spiro atoms. The first-order valence-corrected chi connectivity index (χ1v) is 9.13. The maximum Gasteiger partial charge on any atom is 0.300 e. The zero-order valence-corrected chi connectivity index (χ0v) is 14.7. The van der Waals surface area contributed by atoms with Gasteiger partial charge in [0, 0.05) is 33.0 Å². The number of nitrogens with zero attached hydrogens (tertiary/aromatic N) is 1. The third-order valence-electron chi connectivity index (χ3n) is 5.58. The summed E-state index contributed by atoms with van der Waals surface area (Å²) in [6, 6.07) is 23.8. The number of pyridine rings is 1. The van der Waals surface area contributed by atoms with Gasteiger partial charge in [0.1, 0.15) is 5.65 Å². The normalized spacial score (nSPS) is 14.4. The fourth-order valence-corrected chi connectivity index (χ4v) is 4.33. The van der Waals surface area contributed by atoms with Gasteiger partial charge in [0.15, 0.2) is 0 Å². The first-order valence-electron chi connectivity index (χ1n) is 9.13. The molecule has 4 heteroatoms. The van der Waals surface area contributed by atoms with Gasteiger partial charge in [-0.3, -0.25) is 0 Å². The molecule has 0 bridgehead atoms. The predicted molar refractivity (Wildman–Crippen MR) is 107 cm³/mol. The Morgan fingerprint density at radius 2 is 1.43 bits per heavy atom. The Morgan fingerprint density at radius 1 is 0.679 bits per heavy atom. The van der Waals surface area contributed by atoms with Gasteiger partial charge in [-0.1, -0.05) is 60.7 Å². The smallest absolute Gasteiger partial charge is 0.300 e. The third-order valence-corrected chi connectivity index (χ3v) is 5.58. The van der Waals surface area contributed by atoms with Crippen LogP contribution in [-0.2, 0) is 5.92 Å². The first kappa shape index (κ1) is 15.5. The van der Waals surface area contributed by atoms with E-state index in [1.165, 1.54) is 6.07 Å². The third kappa shape index (κ3) is 1.92. The molecule has 6 rings (SSSR count). The second-order valence-corrected chi connectivity index (χ2v) is 7.11. The van der Waals surface area contributed by atoms with Crippen molar-refractivity contribution in [2.24, 2.45) is 0 Å². The van der Waals surface area contributed by atoms with Gasteiger partial charge >= 0.3 is 0 Å². The number of benzene rings is 3. The summed E-state index contributed by atoms with van der Waals surface area (Å²) in [5.41, 5.74) is 3.98. The van der Waals surface area contributed by atoms with E-state index < -0.39 is 5.92 Å². The van der Waals surface area contributed by atoms with E-state index in [0.717, 1.165) is 16.3 Å². The molecule has 1 N–H and O–H groups in total. The quantitative estimate of drug-likeness (QED) is 0.359. The molecule has 28 heavy (non-hydrogen) atoms. The van der Waals surface area contributed by atoms with Crippen molar-refractivity contribution in [3.63, 3.8) is 0 Å². The summed E-state index contributed by atoms with van der Waals surface area (Å²) in [6.07, 6.45) is 0. The molecule has 3 aromatic carbocycles. The van der Waals surface area contributed by atoms with Crippen molar-refractivity contribution in [3.05, 3.63) is 90.0 Å². The average Bonchev–Trinajstić information content (AvgIpc) is 3.21. The zero-order valence-electron chi connectivity index (χ0n) is 14.7. The fraction of sp³-hybridized carbons (Fsp3) is 0.0417. The van der Waals surface area contributed by atoms with Crippen molar-refractivity contribution in [2.75, 3.05) is 0 Å². The number of rotatable bonds is 1. The highest BCUT2D eigenvalue weighted by molar-refractivity contribution is 6.06. The van der Waals surface area contributed by atoms with E-state index >= 15 is 8.78 Å². The van der Waals surface area contributed by atoms with E-state index in [0.29, 0.717) is 28.0 Å². The van der Waals surface area contributed by atoms with E-state index in [1.54, 1.807) is 30.3 Å². The number of alkyl halides is 2. The molecule has 0 radical (unpaired) electrons.